The van der Waals surface area contributed by atoms with E-state index in [1.165, 1.54) is 0 Å². The average molecular weight is 258 g/mol. The van der Waals surface area contributed by atoms with Crippen molar-refractivity contribution in [1.29, 1.82) is 0 Å². The number of anilines is 1. The van der Waals surface area contributed by atoms with Crippen LogP contribution < -0.4 is 11.1 Å². The van der Waals surface area contributed by atoms with Crippen molar-refractivity contribution in [3.8, 4) is 0 Å². The van der Waals surface area contributed by atoms with Gasteiger partial charge in [-0.25, -0.2) is 0 Å². The number of rotatable bonds is 4. The first-order valence-electron chi connectivity index (χ1n) is 5.59. The Balaban J connectivity index is 2.08. The van der Waals surface area contributed by atoms with Crippen LogP contribution in [0.15, 0.2) is 42.9 Å². The summed E-state index contributed by atoms with van der Waals surface area (Å²) in [6, 6.07) is 7.83. The lowest BCUT2D eigenvalue weighted by Crippen LogP contribution is -2.12. The van der Waals surface area contributed by atoms with Gasteiger partial charge in [0.25, 0.3) is 0 Å². The number of aromatic nitrogens is 2. The minimum atomic E-state index is 0.163. The maximum Gasteiger partial charge on any atom is 0.122 e. The highest BCUT2D eigenvalue weighted by molar-refractivity contribution is 7.80. The summed E-state index contributed by atoms with van der Waals surface area (Å²) >= 11 is 4.86. The van der Waals surface area contributed by atoms with Crippen molar-refractivity contribution in [3.05, 3.63) is 54.1 Å². The molecule has 2 aromatic rings. The second kappa shape index (κ2) is 5.55. The van der Waals surface area contributed by atoms with Crippen molar-refractivity contribution >= 4 is 22.9 Å². The summed E-state index contributed by atoms with van der Waals surface area (Å²) in [4.78, 5) is 8.58. The van der Waals surface area contributed by atoms with Crippen LogP contribution in [-0.2, 0) is 0 Å². The molecular weight excluding hydrogens is 244 g/mol. The first kappa shape index (κ1) is 12.4. The van der Waals surface area contributed by atoms with Crippen LogP contribution >= 0.6 is 12.2 Å². The van der Waals surface area contributed by atoms with Gasteiger partial charge in [0, 0.05) is 12.4 Å². The first-order valence-corrected chi connectivity index (χ1v) is 6.00. The van der Waals surface area contributed by atoms with Crippen molar-refractivity contribution < 1.29 is 0 Å². The smallest absolute Gasteiger partial charge is 0.122 e. The highest BCUT2D eigenvalue weighted by Gasteiger charge is 2.05. The van der Waals surface area contributed by atoms with Gasteiger partial charge in [-0.1, -0.05) is 18.3 Å². The van der Waals surface area contributed by atoms with Crippen LogP contribution in [0.2, 0.25) is 0 Å². The van der Waals surface area contributed by atoms with Gasteiger partial charge >= 0.3 is 0 Å². The van der Waals surface area contributed by atoms with Crippen LogP contribution in [0.3, 0.4) is 0 Å². The fourth-order valence-electron chi connectivity index (χ4n) is 1.59. The summed E-state index contributed by atoms with van der Waals surface area (Å²) in [5, 5.41) is 3.34. The topological polar surface area (TPSA) is 63.8 Å². The number of hydrogen-bond donors (Lipinski definition) is 2. The van der Waals surface area contributed by atoms with E-state index in [-0.39, 0.29) is 6.04 Å². The molecule has 0 bridgehead atoms. The zero-order valence-electron chi connectivity index (χ0n) is 10.00. The highest BCUT2D eigenvalue weighted by atomic mass is 32.1. The molecular formula is C13H14N4S. The van der Waals surface area contributed by atoms with Crippen LogP contribution in [0.1, 0.15) is 24.2 Å². The number of hydrogen-bond acceptors (Lipinski definition) is 4. The summed E-state index contributed by atoms with van der Waals surface area (Å²) in [6.07, 6.45) is 5.32. The van der Waals surface area contributed by atoms with Gasteiger partial charge in [0.15, 0.2) is 0 Å². The van der Waals surface area contributed by atoms with Gasteiger partial charge in [0.05, 0.1) is 23.6 Å². The van der Waals surface area contributed by atoms with E-state index in [1.807, 2.05) is 24.4 Å². The van der Waals surface area contributed by atoms with Crippen LogP contribution in [0.25, 0.3) is 0 Å². The van der Waals surface area contributed by atoms with Crippen molar-refractivity contribution in [2.75, 3.05) is 5.32 Å². The molecule has 0 spiro atoms. The average Bonchev–Trinajstić information content (AvgIpc) is 2.40. The third-order valence-corrected chi connectivity index (χ3v) is 2.79. The quantitative estimate of drug-likeness (QED) is 0.824. The minimum Gasteiger partial charge on any atom is -0.388 e. The Labute approximate surface area is 111 Å². The zero-order chi connectivity index (χ0) is 13.0. The monoisotopic (exact) mass is 258 g/mol. The Morgan fingerprint density at radius 1 is 1.33 bits per heavy atom. The van der Waals surface area contributed by atoms with Crippen LogP contribution in [0.5, 0.6) is 0 Å². The van der Waals surface area contributed by atoms with E-state index in [1.54, 1.807) is 18.5 Å². The van der Waals surface area contributed by atoms with E-state index in [0.717, 1.165) is 11.3 Å². The molecule has 1 atom stereocenters. The molecule has 0 aliphatic heterocycles. The van der Waals surface area contributed by atoms with E-state index in [4.69, 9.17) is 18.0 Å². The SMILES string of the molecule is CC(Nc1ccc(C(N)=S)nc1)c1cccnc1. The second-order valence-electron chi connectivity index (χ2n) is 3.95. The fourth-order valence-corrected chi connectivity index (χ4v) is 1.71. The van der Waals surface area contributed by atoms with Crippen LogP contribution in [0.4, 0.5) is 5.69 Å². The standard InChI is InChI=1S/C13H14N4S/c1-9(10-3-2-6-15-7-10)17-11-4-5-12(13(14)18)16-8-11/h2-9,17H,1H3,(H2,14,18). The van der Waals surface area contributed by atoms with Crippen molar-refractivity contribution in [3.63, 3.8) is 0 Å². The van der Waals surface area contributed by atoms with Crippen LogP contribution in [-0.4, -0.2) is 15.0 Å². The zero-order valence-corrected chi connectivity index (χ0v) is 10.8. The van der Waals surface area contributed by atoms with E-state index >= 15 is 0 Å². The molecule has 5 heteroatoms. The van der Waals surface area contributed by atoms with Crippen molar-refractivity contribution in [1.82, 2.24) is 9.97 Å². The molecule has 0 fully saturated rings. The molecule has 18 heavy (non-hydrogen) atoms. The third kappa shape index (κ3) is 3.01. The molecule has 0 saturated carbocycles. The molecule has 1 unspecified atom stereocenters. The lowest BCUT2D eigenvalue weighted by Gasteiger charge is -2.15. The normalized spacial score (nSPS) is 11.8. The summed E-state index contributed by atoms with van der Waals surface area (Å²) in [6.45, 7) is 2.07. The summed E-state index contributed by atoms with van der Waals surface area (Å²) in [5.41, 5.74) is 8.17. The minimum absolute atomic E-state index is 0.163. The Hall–Kier alpha value is -2.01. The molecule has 0 radical (unpaired) electrons. The highest BCUT2D eigenvalue weighted by Crippen LogP contribution is 2.17. The number of nitrogens with two attached hydrogens (primary N) is 1. The summed E-state index contributed by atoms with van der Waals surface area (Å²) in [5.74, 6) is 0. The molecule has 0 amide bonds. The van der Waals surface area contributed by atoms with Crippen LogP contribution in [0, 0.1) is 0 Å². The Kier molecular flexibility index (Phi) is 3.84. The Morgan fingerprint density at radius 3 is 2.72 bits per heavy atom. The first-order chi connectivity index (χ1) is 8.66. The van der Waals surface area contributed by atoms with Gasteiger partial charge in [0.2, 0.25) is 0 Å². The second-order valence-corrected chi connectivity index (χ2v) is 4.39. The molecule has 0 saturated heterocycles. The summed E-state index contributed by atoms with van der Waals surface area (Å²) < 4.78 is 0. The molecule has 2 heterocycles. The predicted molar refractivity (Wildman–Crippen MR) is 76.4 cm³/mol. The van der Waals surface area contributed by atoms with Gasteiger partial charge < -0.3 is 11.1 Å². The molecule has 0 aliphatic carbocycles. The molecule has 3 N–H and O–H groups in total. The Morgan fingerprint density at radius 2 is 2.17 bits per heavy atom. The van der Waals surface area contributed by atoms with Gasteiger partial charge in [0.1, 0.15) is 4.99 Å². The predicted octanol–water partition coefficient (Wildman–Crippen LogP) is 2.28. The number of nitrogens with one attached hydrogen (secondary N) is 1. The number of pyridine rings is 2. The number of thiocarbonyl (C=S) groups is 1. The molecule has 0 aromatic carbocycles. The van der Waals surface area contributed by atoms with E-state index in [2.05, 4.69) is 22.2 Å². The number of nitrogens with zero attached hydrogens (tertiary/aromatic N) is 2. The van der Waals surface area contributed by atoms with Crippen molar-refractivity contribution in [2.45, 2.75) is 13.0 Å². The molecule has 92 valence electrons. The Bertz CT molecular complexity index is 524. The maximum atomic E-state index is 5.50. The van der Waals surface area contributed by atoms with Gasteiger partial charge in [-0.3, -0.25) is 9.97 Å². The van der Waals surface area contributed by atoms with E-state index < -0.39 is 0 Å². The van der Waals surface area contributed by atoms with Gasteiger partial charge in [-0.05, 0) is 30.7 Å². The lowest BCUT2D eigenvalue weighted by atomic mass is 10.1. The van der Waals surface area contributed by atoms with E-state index in [9.17, 15) is 0 Å². The largest absolute Gasteiger partial charge is 0.388 e. The molecule has 2 rings (SSSR count). The molecule has 2 aromatic heterocycles. The van der Waals surface area contributed by atoms with Gasteiger partial charge in [-0.15, -0.1) is 0 Å². The molecule has 0 aliphatic rings. The third-order valence-electron chi connectivity index (χ3n) is 2.58. The van der Waals surface area contributed by atoms with Gasteiger partial charge in [-0.2, -0.15) is 0 Å². The maximum absolute atomic E-state index is 5.50. The van der Waals surface area contributed by atoms with E-state index in [0.29, 0.717) is 10.7 Å². The summed E-state index contributed by atoms with van der Waals surface area (Å²) in [7, 11) is 0. The lowest BCUT2D eigenvalue weighted by molar-refractivity contribution is 0.874. The fraction of sp³-hybridized carbons (Fsp3) is 0.154. The molecule has 4 nitrogen and oxygen atoms in total. The van der Waals surface area contributed by atoms with Crippen molar-refractivity contribution in [2.24, 2.45) is 5.73 Å².